The van der Waals surface area contributed by atoms with Gasteiger partial charge in [-0.05, 0) is 47.0 Å². The molecule has 1 aliphatic rings. The summed E-state index contributed by atoms with van der Waals surface area (Å²) in [6.07, 6.45) is 3.35. The Labute approximate surface area is 105 Å². The van der Waals surface area contributed by atoms with Crippen LogP contribution >= 0.6 is 0 Å². The molecule has 1 heterocycles. The minimum atomic E-state index is -0.841. The molecule has 0 spiro atoms. The number of urea groups is 1. The van der Waals surface area contributed by atoms with Crippen LogP contribution in [0, 0.1) is 0 Å². The first-order valence-electron chi connectivity index (χ1n) is 6.48. The fourth-order valence-corrected chi connectivity index (χ4v) is 2.64. The Hall–Kier alpha value is -0.770. The standard InChI is InChI=1S/C13H26N2O2/c1-10-7-6-8-11(2)15(10)12(16)14(5)9-13(3,4)17/h10-11,17H,6-9H2,1-5H3. The molecule has 0 radical (unpaired) electrons. The van der Waals surface area contributed by atoms with E-state index in [4.69, 9.17) is 0 Å². The van der Waals surface area contributed by atoms with Crippen LogP contribution in [0.3, 0.4) is 0 Å². The zero-order valence-corrected chi connectivity index (χ0v) is 11.7. The van der Waals surface area contributed by atoms with E-state index >= 15 is 0 Å². The molecule has 0 saturated carbocycles. The van der Waals surface area contributed by atoms with Gasteiger partial charge in [-0.25, -0.2) is 4.79 Å². The number of likely N-dealkylation sites (N-methyl/N-ethyl adjacent to an activating group) is 1. The fraction of sp³-hybridized carbons (Fsp3) is 0.923. The summed E-state index contributed by atoms with van der Waals surface area (Å²) in [7, 11) is 1.76. The summed E-state index contributed by atoms with van der Waals surface area (Å²) in [5.74, 6) is 0. The summed E-state index contributed by atoms with van der Waals surface area (Å²) in [4.78, 5) is 15.9. The van der Waals surface area contributed by atoms with Crippen molar-refractivity contribution in [2.45, 2.75) is 64.6 Å². The van der Waals surface area contributed by atoms with E-state index in [1.165, 1.54) is 6.42 Å². The quantitative estimate of drug-likeness (QED) is 0.805. The van der Waals surface area contributed by atoms with Crippen LogP contribution in [0.2, 0.25) is 0 Å². The first kappa shape index (κ1) is 14.3. The average Bonchev–Trinajstić information content (AvgIpc) is 2.14. The molecule has 0 aromatic rings. The van der Waals surface area contributed by atoms with Crippen LogP contribution in [0.15, 0.2) is 0 Å². The van der Waals surface area contributed by atoms with Gasteiger partial charge in [0.05, 0.1) is 12.1 Å². The van der Waals surface area contributed by atoms with Crippen molar-refractivity contribution in [2.24, 2.45) is 0 Å². The van der Waals surface area contributed by atoms with Crippen molar-refractivity contribution in [1.82, 2.24) is 9.80 Å². The van der Waals surface area contributed by atoms with Crippen molar-refractivity contribution in [3.05, 3.63) is 0 Å². The molecular weight excluding hydrogens is 216 g/mol. The lowest BCUT2D eigenvalue weighted by molar-refractivity contribution is 0.0369. The number of aliphatic hydroxyl groups is 1. The second kappa shape index (κ2) is 5.25. The van der Waals surface area contributed by atoms with Gasteiger partial charge in [0, 0.05) is 19.1 Å². The lowest BCUT2D eigenvalue weighted by Crippen LogP contribution is -2.54. The van der Waals surface area contributed by atoms with Gasteiger partial charge in [-0.3, -0.25) is 0 Å². The smallest absolute Gasteiger partial charge is 0.320 e. The molecule has 1 N–H and O–H groups in total. The summed E-state index contributed by atoms with van der Waals surface area (Å²) in [6.45, 7) is 8.01. The molecule has 17 heavy (non-hydrogen) atoms. The van der Waals surface area contributed by atoms with Crippen molar-refractivity contribution < 1.29 is 9.90 Å². The molecule has 1 aliphatic heterocycles. The highest BCUT2D eigenvalue weighted by Crippen LogP contribution is 2.23. The van der Waals surface area contributed by atoms with E-state index in [1.807, 2.05) is 4.90 Å². The monoisotopic (exact) mass is 242 g/mol. The topological polar surface area (TPSA) is 43.8 Å². The van der Waals surface area contributed by atoms with Crippen molar-refractivity contribution in [3.8, 4) is 0 Å². The Bertz CT molecular complexity index is 263. The van der Waals surface area contributed by atoms with Crippen molar-refractivity contribution in [3.63, 3.8) is 0 Å². The summed E-state index contributed by atoms with van der Waals surface area (Å²) in [5, 5.41) is 9.75. The van der Waals surface area contributed by atoms with Crippen LogP contribution in [0.25, 0.3) is 0 Å². The van der Waals surface area contributed by atoms with Crippen LogP contribution in [-0.4, -0.2) is 52.2 Å². The Balaban J connectivity index is 2.67. The van der Waals surface area contributed by atoms with Gasteiger partial charge in [0.15, 0.2) is 0 Å². The molecule has 1 saturated heterocycles. The number of piperidine rings is 1. The number of likely N-dealkylation sites (tertiary alicyclic amines) is 1. The zero-order chi connectivity index (χ0) is 13.2. The molecule has 0 aromatic heterocycles. The predicted octanol–water partition coefficient (Wildman–Crippen LogP) is 2.07. The molecule has 4 nitrogen and oxygen atoms in total. The Kier molecular flexibility index (Phi) is 4.42. The van der Waals surface area contributed by atoms with E-state index < -0.39 is 5.60 Å². The van der Waals surface area contributed by atoms with E-state index in [9.17, 15) is 9.90 Å². The van der Waals surface area contributed by atoms with Gasteiger partial charge in [-0.2, -0.15) is 0 Å². The molecule has 2 atom stereocenters. The maximum atomic E-state index is 12.3. The highest BCUT2D eigenvalue weighted by atomic mass is 16.3. The number of rotatable bonds is 2. The highest BCUT2D eigenvalue weighted by molar-refractivity contribution is 5.75. The van der Waals surface area contributed by atoms with Crippen molar-refractivity contribution in [2.75, 3.05) is 13.6 Å². The maximum Gasteiger partial charge on any atom is 0.320 e. The van der Waals surface area contributed by atoms with Crippen LogP contribution in [0.4, 0.5) is 4.79 Å². The number of hydrogen-bond acceptors (Lipinski definition) is 2. The van der Waals surface area contributed by atoms with Gasteiger partial charge in [-0.1, -0.05) is 0 Å². The molecule has 1 rings (SSSR count). The predicted molar refractivity (Wildman–Crippen MR) is 68.9 cm³/mol. The Morgan fingerprint density at radius 1 is 1.35 bits per heavy atom. The number of nitrogens with zero attached hydrogens (tertiary/aromatic N) is 2. The first-order valence-corrected chi connectivity index (χ1v) is 6.48. The number of hydrogen-bond donors (Lipinski definition) is 1. The maximum absolute atomic E-state index is 12.3. The molecule has 100 valence electrons. The lowest BCUT2D eigenvalue weighted by Gasteiger charge is -2.41. The number of carbonyl (C=O) groups is 1. The number of amides is 2. The lowest BCUT2D eigenvalue weighted by atomic mass is 9.98. The molecule has 1 fully saturated rings. The van der Waals surface area contributed by atoms with E-state index in [0.717, 1.165) is 12.8 Å². The van der Waals surface area contributed by atoms with Crippen LogP contribution in [0.1, 0.15) is 47.0 Å². The fourth-order valence-electron chi connectivity index (χ4n) is 2.64. The highest BCUT2D eigenvalue weighted by Gasteiger charge is 2.32. The summed E-state index contributed by atoms with van der Waals surface area (Å²) < 4.78 is 0. The van der Waals surface area contributed by atoms with Crippen molar-refractivity contribution >= 4 is 6.03 Å². The molecule has 0 bridgehead atoms. The second-order valence-electron chi connectivity index (χ2n) is 5.99. The normalized spacial score (nSPS) is 25.9. The van der Waals surface area contributed by atoms with Crippen molar-refractivity contribution in [1.29, 1.82) is 0 Å². The second-order valence-corrected chi connectivity index (χ2v) is 5.99. The van der Waals surface area contributed by atoms with E-state index in [2.05, 4.69) is 13.8 Å². The molecule has 2 amide bonds. The van der Waals surface area contributed by atoms with Gasteiger partial charge in [0.1, 0.15) is 0 Å². The van der Waals surface area contributed by atoms with Crippen LogP contribution < -0.4 is 0 Å². The number of carbonyl (C=O) groups excluding carboxylic acids is 1. The third-order valence-electron chi connectivity index (χ3n) is 3.37. The van der Waals surface area contributed by atoms with E-state index in [1.54, 1.807) is 25.8 Å². The Morgan fingerprint density at radius 2 is 1.82 bits per heavy atom. The van der Waals surface area contributed by atoms with Crippen LogP contribution in [0.5, 0.6) is 0 Å². The molecular formula is C13H26N2O2. The first-order chi connectivity index (χ1) is 7.72. The summed E-state index contributed by atoms with van der Waals surface area (Å²) >= 11 is 0. The Morgan fingerprint density at radius 3 is 2.24 bits per heavy atom. The largest absolute Gasteiger partial charge is 0.389 e. The van der Waals surface area contributed by atoms with Gasteiger partial charge >= 0.3 is 6.03 Å². The van der Waals surface area contributed by atoms with E-state index in [0.29, 0.717) is 18.6 Å². The van der Waals surface area contributed by atoms with Gasteiger partial charge in [-0.15, -0.1) is 0 Å². The van der Waals surface area contributed by atoms with Gasteiger partial charge < -0.3 is 14.9 Å². The summed E-state index contributed by atoms with van der Waals surface area (Å²) in [5.41, 5.74) is -0.841. The minimum absolute atomic E-state index is 0.0341. The van der Waals surface area contributed by atoms with E-state index in [-0.39, 0.29) is 6.03 Å². The SMILES string of the molecule is CC1CCCC(C)N1C(=O)N(C)CC(C)(C)O. The molecule has 2 unspecified atom stereocenters. The minimum Gasteiger partial charge on any atom is -0.389 e. The third-order valence-corrected chi connectivity index (χ3v) is 3.37. The average molecular weight is 242 g/mol. The zero-order valence-electron chi connectivity index (χ0n) is 11.7. The summed E-state index contributed by atoms with van der Waals surface area (Å²) in [6, 6.07) is 0.637. The molecule has 0 aliphatic carbocycles. The molecule has 0 aromatic carbocycles. The van der Waals surface area contributed by atoms with Gasteiger partial charge in [0.2, 0.25) is 0 Å². The third kappa shape index (κ3) is 3.87. The van der Waals surface area contributed by atoms with Gasteiger partial charge in [0.25, 0.3) is 0 Å². The van der Waals surface area contributed by atoms with Crippen LogP contribution in [-0.2, 0) is 0 Å². The molecule has 4 heteroatoms.